The third kappa shape index (κ3) is 3.01. The van der Waals surface area contributed by atoms with Crippen molar-refractivity contribution in [2.24, 2.45) is 36.0 Å². The summed E-state index contributed by atoms with van der Waals surface area (Å²) in [7, 11) is 1.88. The number of amides is 2. The summed E-state index contributed by atoms with van der Waals surface area (Å²) in [5.41, 5.74) is 5.60. The Morgan fingerprint density at radius 2 is 1.88 bits per heavy atom. The first-order chi connectivity index (χ1) is 15.7. The summed E-state index contributed by atoms with van der Waals surface area (Å²) in [6.07, 6.45) is 7.21. The zero-order valence-corrected chi connectivity index (χ0v) is 19.5. The van der Waals surface area contributed by atoms with E-state index in [1.807, 2.05) is 36.0 Å². The number of primary amides is 1. The molecule has 1 aromatic heterocycles. The van der Waals surface area contributed by atoms with Crippen LogP contribution >= 0.6 is 0 Å². The van der Waals surface area contributed by atoms with Crippen molar-refractivity contribution in [3.05, 3.63) is 30.5 Å². The Hall–Kier alpha value is -2.39. The van der Waals surface area contributed by atoms with Gasteiger partial charge in [-0.3, -0.25) is 18.1 Å². The molecule has 2 aromatic rings. The maximum atomic E-state index is 13.7. The number of para-hydroxylation sites is 1. The van der Waals surface area contributed by atoms with Crippen LogP contribution in [0.4, 0.5) is 5.69 Å². The first-order valence-electron chi connectivity index (χ1n) is 11.8. The van der Waals surface area contributed by atoms with Crippen LogP contribution in [0.25, 0.3) is 10.9 Å². The van der Waals surface area contributed by atoms with Crippen LogP contribution in [0.5, 0.6) is 0 Å². The van der Waals surface area contributed by atoms with Crippen LogP contribution in [0.1, 0.15) is 44.9 Å². The molecule has 0 spiro atoms. The number of rotatable bonds is 6. The van der Waals surface area contributed by atoms with E-state index in [9.17, 15) is 18.4 Å². The zero-order valence-electron chi connectivity index (χ0n) is 18.7. The smallest absolute Gasteiger partial charge is 0.247 e. The molecule has 5 aliphatic rings. The van der Waals surface area contributed by atoms with Crippen molar-refractivity contribution >= 4 is 39.7 Å². The van der Waals surface area contributed by atoms with Crippen molar-refractivity contribution in [2.45, 2.75) is 56.5 Å². The molecule has 4 bridgehead atoms. The minimum absolute atomic E-state index is 0.0215. The number of nitrogens with two attached hydrogens (primary N) is 1. The third-order valence-electron chi connectivity index (χ3n) is 8.87. The van der Waals surface area contributed by atoms with E-state index in [2.05, 4.69) is 5.32 Å². The summed E-state index contributed by atoms with van der Waals surface area (Å²) in [6.45, 7) is 0. The monoisotopic (exact) mass is 469 g/mol. The van der Waals surface area contributed by atoms with Crippen LogP contribution < -0.4 is 15.4 Å². The predicted octanol–water partition coefficient (Wildman–Crippen LogP) is 2.11. The molecule has 2 amide bonds. The molecule has 3 unspecified atom stereocenters. The molecular formula is C24H29N4O4S-. The summed E-state index contributed by atoms with van der Waals surface area (Å²) < 4.78 is 28.2. The summed E-state index contributed by atoms with van der Waals surface area (Å²) in [6, 6.07) is 7.45. The Balaban J connectivity index is 1.30. The Morgan fingerprint density at radius 3 is 2.48 bits per heavy atom. The van der Waals surface area contributed by atoms with Gasteiger partial charge in [0.15, 0.2) is 0 Å². The highest BCUT2D eigenvalue weighted by Crippen LogP contribution is 2.60. The standard InChI is InChI=1S/C24H30N4O4S/c1-27-8-5-15-3-2-4-18(20(15)27)28(33(31)32)24(6-7-24)22(30)26-19-16-9-14-10-17(19)13-23(11-14,12-16)21(25)29/h2-5,8,14,16-17,19H,6-7,9-13H2,1H3,(H2,25,29)(H,26,30)(H,31,32)/p-1. The fourth-order valence-electron chi connectivity index (χ4n) is 7.44. The Bertz CT molecular complexity index is 1170. The van der Waals surface area contributed by atoms with Gasteiger partial charge in [-0.15, -0.1) is 0 Å². The molecule has 0 radical (unpaired) electrons. The van der Waals surface area contributed by atoms with Gasteiger partial charge in [0.25, 0.3) is 0 Å². The lowest BCUT2D eigenvalue weighted by Gasteiger charge is -2.59. The highest BCUT2D eigenvalue weighted by Gasteiger charge is 2.61. The SMILES string of the molecule is Cn1ccc2cccc(N(S(=O)[O-])C3(C(=O)NC4C5CC6CC4CC(C(N)=O)(C6)C5)CC3)c21. The first-order valence-corrected chi connectivity index (χ1v) is 12.8. The molecule has 5 aliphatic carbocycles. The van der Waals surface area contributed by atoms with Crippen LogP contribution in [-0.2, 0) is 27.9 Å². The molecule has 0 saturated heterocycles. The average Bonchev–Trinajstić information content (AvgIpc) is 3.46. The summed E-state index contributed by atoms with van der Waals surface area (Å²) in [5, 5.41) is 4.20. The number of hydrogen-bond acceptors (Lipinski definition) is 4. The minimum atomic E-state index is -2.61. The molecule has 33 heavy (non-hydrogen) atoms. The second kappa shape index (κ2) is 7.06. The van der Waals surface area contributed by atoms with Gasteiger partial charge >= 0.3 is 0 Å². The third-order valence-corrected chi connectivity index (χ3v) is 9.72. The first kappa shape index (κ1) is 21.2. The molecule has 5 fully saturated rings. The fourth-order valence-corrected chi connectivity index (χ4v) is 8.30. The van der Waals surface area contributed by atoms with Crippen molar-refractivity contribution in [3.8, 4) is 0 Å². The van der Waals surface area contributed by atoms with E-state index in [4.69, 9.17) is 5.73 Å². The molecule has 3 N–H and O–H groups in total. The van der Waals surface area contributed by atoms with Gasteiger partial charge in [-0.1, -0.05) is 12.1 Å². The number of carbonyl (C=O) groups is 2. The molecule has 5 saturated carbocycles. The number of fused-ring (bicyclic) bond motifs is 1. The second-order valence-electron chi connectivity index (χ2n) is 10.8. The number of nitrogens with zero attached hydrogens (tertiary/aromatic N) is 2. The number of carbonyl (C=O) groups excluding carboxylic acids is 2. The Morgan fingerprint density at radius 1 is 1.18 bits per heavy atom. The molecule has 1 heterocycles. The van der Waals surface area contributed by atoms with Crippen LogP contribution in [0, 0.1) is 23.2 Å². The molecule has 3 atom stereocenters. The van der Waals surface area contributed by atoms with Gasteiger partial charge in [0, 0.05) is 41.4 Å². The van der Waals surface area contributed by atoms with E-state index in [1.165, 1.54) is 4.31 Å². The van der Waals surface area contributed by atoms with E-state index >= 15 is 0 Å². The Kier molecular flexibility index (Phi) is 4.52. The number of aromatic nitrogens is 1. The molecule has 8 nitrogen and oxygen atoms in total. The largest absolute Gasteiger partial charge is 0.755 e. The maximum absolute atomic E-state index is 13.7. The lowest BCUT2D eigenvalue weighted by molar-refractivity contribution is -0.147. The van der Waals surface area contributed by atoms with Crippen molar-refractivity contribution in [1.29, 1.82) is 0 Å². The van der Waals surface area contributed by atoms with Crippen LogP contribution in [0.2, 0.25) is 0 Å². The zero-order chi connectivity index (χ0) is 23.1. The van der Waals surface area contributed by atoms with Crippen LogP contribution in [0.3, 0.4) is 0 Å². The highest BCUT2D eigenvalue weighted by atomic mass is 32.2. The van der Waals surface area contributed by atoms with Crippen LogP contribution in [0.15, 0.2) is 30.5 Å². The van der Waals surface area contributed by atoms with Gasteiger partial charge in [0.05, 0.1) is 11.2 Å². The van der Waals surface area contributed by atoms with Gasteiger partial charge in [0.2, 0.25) is 11.8 Å². The van der Waals surface area contributed by atoms with Crippen molar-refractivity contribution in [1.82, 2.24) is 9.88 Å². The van der Waals surface area contributed by atoms with Gasteiger partial charge in [-0.25, -0.2) is 0 Å². The summed E-state index contributed by atoms with van der Waals surface area (Å²) in [4.78, 5) is 25.9. The molecule has 1 aromatic carbocycles. The minimum Gasteiger partial charge on any atom is -0.755 e. The molecule has 7 rings (SSSR count). The lowest BCUT2D eigenvalue weighted by Crippen LogP contribution is -2.64. The van der Waals surface area contributed by atoms with E-state index < -0.39 is 22.2 Å². The van der Waals surface area contributed by atoms with E-state index in [0.29, 0.717) is 24.4 Å². The number of anilines is 1. The molecular weight excluding hydrogens is 440 g/mol. The molecule has 0 aliphatic heterocycles. The van der Waals surface area contributed by atoms with Gasteiger partial charge in [-0.2, -0.15) is 0 Å². The van der Waals surface area contributed by atoms with Gasteiger partial charge < -0.3 is 20.2 Å². The quantitative estimate of drug-likeness (QED) is 0.630. The molecule has 9 heteroatoms. The van der Waals surface area contributed by atoms with Crippen molar-refractivity contribution in [2.75, 3.05) is 4.31 Å². The number of nitrogens with one attached hydrogen (secondary N) is 1. The van der Waals surface area contributed by atoms with Crippen molar-refractivity contribution in [3.63, 3.8) is 0 Å². The molecule has 176 valence electrons. The van der Waals surface area contributed by atoms with E-state index in [1.54, 1.807) is 6.07 Å². The maximum Gasteiger partial charge on any atom is 0.247 e. The Labute approximate surface area is 195 Å². The van der Waals surface area contributed by atoms with Gasteiger partial charge in [0.1, 0.15) is 5.54 Å². The van der Waals surface area contributed by atoms with E-state index in [-0.39, 0.29) is 29.7 Å². The topological polar surface area (TPSA) is 120 Å². The number of benzene rings is 1. The summed E-state index contributed by atoms with van der Waals surface area (Å²) in [5.74, 6) is 0.535. The normalized spacial score (nSPS) is 34.2. The van der Waals surface area contributed by atoms with E-state index in [0.717, 1.165) is 43.0 Å². The number of aryl methyl sites for hydroxylation is 1. The lowest BCUT2D eigenvalue weighted by atomic mass is 9.47. The van der Waals surface area contributed by atoms with Crippen LogP contribution in [-0.4, -0.2) is 36.7 Å². The predicted molar refractivity (Wildman–Crippen MR) is 123 cm³/mol. The average molecular weight is 470 g/mol. The summed E-state index contributed by atoms with van der Waals surface area (Å²) >= 11 is -2.61. The highest BCUT2D eigenvalue weighted by molar-refractivity contribution is 7.80. The number of hydrogen-bond donors (Lipinski definition) is 2. The second-order valence-corrected chi connectivity index (χ2v) is 11.6. The van der Waals surface area contributed by atoms with Gasteiger partial charge in [-0.05, 0) is 74.8 Å². The van der Waals surface area contributed by atoms with Crippen molar-refractivity contribution < 1.29 is 18.4 Å². The fraction of sp³-hybridized carbons (Fsp3) is 0.583.